The first kappa shape index (κ1) is 16.1. The lowest BCUT2D eigenvalue weighted by atomic mass is 9.80. The van der Waals surface area contributed by atoms with Gasteiger partial charge in [0.1, 0.15) is 0 Å². The summed E-state index contributed by atoms with van der Waals surface area (Å²) in [5.74, 6) is -0.392. The molecule has 21 heavy (non-hydrogen) atoms. The van der Waals surface area contributed by atoms with Gasteiger partial charge in [0.2, 0.25) is 5.91 Å². The van der Waals surface area contributed by atoms with Crippen molar-refractivity contribution in [3.63, 3.8) is 0 Å². The molecule has 1 heterocycles. The van der Waals surface area contributed by atoms with Crippen molar-refractivity contribution >= 4 is 23.2 Å². The Morgan fingerprint density at radius 2 is 1.95 bits per heavy atom. The van der Waals surface area contributed by atoms with Crippen LogP contribution >= 0.6 is 11.6 Å². The lowest BCUT2D eigenvalue weighted by Gasteiger charge is -2.32. The molecular formula is C14H16ClF3N2O. The van der Waals surface area contributed by atoms with Gasteiger partial charge in [0, 0.05) is 10.4 Å². The summed E-state index contributed by atoms with van der Waals surface area (Å²) in [6, 6.07) is 3.34. The Bertz CT molecular complexity index is 540. The molecule has 1 aliphatic heterocycles. The summed E-state index contributed by atoms with van der Waals surface area (Å²) >= 11 is 5.61. The van der Waals surface area contributed by atoms with E-state index in [1.54, 1.807) is 6.92 Å². The van der Waals surface area contributed by atoms with Gasteiger partial charge in [0.25, 0.3) is 0 Å². The first-order valence-corrected chi connectivity index (χ1v) is 6.99. The number of rotatable bonds is 2. The van der Waals surface area contributed by atoms with E-state index in [2.05, 4.69) is 10.6 Å². The number of piperidine rings is 1. The maximum absolute atomic E-state index is 13.0. The maximum Gasteiger partial charge on any atom is 0.418 e. The molecule has 1 aliphatic rings. The number of benzene rings is 1. The van der Waals surface area contributed by atoms with Gasteiger partial charge in [-0.1, -0.05) is 18.5 Å². The van der Waals surface area contributed by atoms with Crippen LogP contribution in [-0.2, 0) is 11.0 Å². The summed E-state index contributed by atoms with van der Waals surface area (Å²) in [7, 11) is 0. The fourth-order valence-corrected chi connectivity index (χ4v) is 2.51. The van der Waals surface area contributed by atoms with E-state index in [4.69, 9.17) is 11.6 Å². The molecule has 0 spiro atoms. The van der Waals surface area contributed by atoms with Gasteiger partial charge in [-0.25, -0.2) is 0 Å². The summed E-state index contributed by atoms with van der Waals surface area (Å²) in [6.07, 6.45) is -3.38. The highest BCUT2D eigenvalue weighted by molar-refractivity contribution is 6.30. The molecule has 0 unspecified atom stereocenters. The van der Waals surface area contributed by atoms with E-state index in [1.807, 2.05) is 0 Å². The lowest BCUT2D eigenvalue weighted by Crippen LogP contribution is -2.43. The van der Waals surface area contributed by atoms with Crippen LogP contribution in [0.4, 0.5) is 18.9 Å². The number of carbonyl (C=O) groups is 1. The Kier molecular flexibility index (Phi) is 4.49. The molecule has 1 amide bonds. The molecule has 1 aromatic carbocycles. The number of anilines is 1. The number of carbonyl (C=O) groups excluding carboxylic acids is 1. The van der Waals surface area contributed by atoms with Gasteiger partial charge in [-0.2, -0.15) is 13.2 Å². The molecule has 0 radical (unpaired) electrons. The Morgan fingerprint density at radius 3 is 2.52 bits per heavy atom. The topological polar surface area (TPSA) is 41.1 Å². The average Bonchev–Trinajstić information content (AvgIpc) is 2.40. The third-order valence-corrected chi connectivity index (χ3v) is 4.03. The zero-order chi connectivity index (χ0) is 15.7. The molecule has 3 nitrogen and oxygen atoms in total. The molecule has 1 fully saturated rings. The Hall–Kier alpha value is -1.27. The monoisotopic (exact) mass is 320 g/mol. The SMILES string of the molecule is CC1(C(=O)Nc2ccc(Cl)cc2C(F)(F)F)CCNCC1. The second-order valence-electron chi connectivity index (χ2n) is 5.45. The van der Waals surface area contributed by atoms with Crippen molar-refractivity contribution in [1.82, 2.24) is 5.32 Å². The van der Waals surface area contributed by atoms with Crippen LogP contribution in [0.3, 0.4) is 0 Å². The number of hydrogen-bond donors (Lipinski definition) is 2. The van der Waals surface area contributed by atoms with Crippen LogP contribution in [0.15, 0.2) is 18.2 Å². The highest BCUT2D eigenvalue weighted by Crippen LogP contribution is 2.38. The highest BCUT2D eigenvalue weighted by atomic mass is 35.5. The zero-order valence-corrected chi connectivity index (χ0v) is 12.2. The third kappa shape index (κ3) is 3.68. The van der Waals surface area contributed by atoms with Crippen LogP contribution < -0.4 is 10.6 Å². The molecule has 2 rings (SSSR count). The Morgan fingerprint density at radius 1 is 1.33 bits per heavy atom. The van der Waals surface area contributed by atoms with Crippen molar-refractivity contribution < 1.29 is 18.0 Å². The molecule has 7 heteroatoms. The normalized spacial score (nSPS) is 18.3. The molecule has 0 bridgehead atoms. The minimum atomic E-state index is -4.57. The van der Waals surface area contributed by atoms with Crippen LogP contribution in [0.25, 0.3) is 0 Å². The predicted molar refractivity (Wildman–Crippen MR) is 75.3 cm³/mol. The number of nitrogens with one attached hydrogen (secondary N) is 2. The van der Waals surface area contributed by atoms with Crippen molar-refractivity contribution in [2.75, 3.05) is 18.4 Å². The Balaban J connectivity index is 2.25. The summed E-state index contributed by atoms with van der Waals surface area (Å²) < 4.78 is 39.0. The fourth-order valence-electron chi connectivity index (χ4n) is 2.34. The zero-order valence-electron chi connectivity index (χ0n) is 11.5. The molecule has 1 saturated heterocycles. The van der Waals surface area contributed by atoms with Crippen molar-refractivity contribution in [1.29, 1.82) is 0 Å². The van der Waals surface area contributed by atoms with Crippen molar-refractivity contribution in [3.05, 3.63) is 28.8 Å². The summed E-state index contributed by atoms with van der Waals surface area (Å²) in [5.41, 5.74) is -1.84. The van der Waals surface area contributed by atoms with Crippen molar-refractivity contribution in [2.24, 2.45) is 5.41 Å². The van der Waals surface area contributed by atoms with E-state index in [-0.39, 0.29) is 10.7 Å². The first-order valence-electron chi connectivity index (χ1n) is 6.61. The number of alkyl halides is 3. The quantitative estimate of drug-likeness (QED) is 0.872. The molecule has 0 aromatic heterocycles. The molecule has 1 aromatic rings. The highest BCUT2D eigenvalue weighted by Gasteiger charge is 2.38. The smallest absolute Gasteiger partial charge is 0.325 e. The fraction of sp³-hybridized carbons (Fsp3) is 0.500. The van der Waals surface area contributed by atoms with E-state index < -0.39 is 23.1 Å². The minimum absolute atomic E-state index is 0.0200. The van der Waals surface area contributed by atoms with E-state index in [1.165, 1.54) is 12.1 Å². The van der Waals surface area contributed by atoms with Gasteiger partial charge < -0.3 is 10.6 Å². The summed E-state index contributed by atoms with van der Waals surface area (Å²) in [4.78, 5) is 12.3. The Labute approximate surface area is 125 Å². The summed E-state index contributed by atoms with van der Waals surface area (Å²) in [6.45, 7) is 3.12. The van der Waals surface area contributed by atoms with Crippen LogP contribution in [0.5, 0.6) is 0 Å². The van der Waals surface area contributed by atoms with Crippen LogP contribution in [-0.4, -0.2) is 19.0 Å². The maximum atomic E-state index is 13.0. The largest absolute Gasteiger partial charge is 0.418 e. The third-order valence-electron chi connectivity index (χ3n) is 3.79. The minimum Gasteiger partial charge on any atom is -0.325 e. The van der Waals surface area contributed by atoms with Gasteiger partial charge in [-0.15, -0.1) is 0 Å². The van der Waals surface area contributed by atoms with Crippen LogP contribution in [0, 0.1) is 5.41 Å². The molecule has 0 saturated carbocycles. The molecule has 2 N–H and O–H groups in total. The van der Waals surface area contributed by atoms with Crippen LogP contribution in [0.1, 0.15) is 25.3 Å². The molecular weight excluding hydrogens is 305 g/mol. The summed E-state index contributed by atoms with van der Waals surface area (Å²) in [5, 5.41) is 5.51. The van der Waals surface area contributed by atoms with Gasteiger partial charge >= 0.3 is 6.18 Å². The van der Waals surface area contributed by atoms with Gasteiger partial charge in [0.15, 0.2) is 0 Å². The first-order chi connectivity index (χ1) is 9.72. The van der Waals surface area contributed by atoms with Crippen molar-refractivity contribution in [3.8, 4) is 0 Å². The molecule has 0 aliphatic carbocycles. The number of halogens is 4. The van der Waals surface area contributed by atoms with Gasteiger partial charge in [0.05, 0.1) is 11.3 Å². The second-order valence-corrected chi connectivity index (χ2v) is 5.89. The lowest BCUT2D eigenvalue weighted by molar-refractivity contribution is -0.137. The van der Waals surface area contributed by atoms with E-state index in [9.17, 15) is 18.0 Å². The second kappa shape index (κ2) is 5.85. The van der Waals surface area contributed by atoms with Crippen molar-refractivity contribution in [2.45, 2.75) is 25.9 Å². The van der Waals surface area contributed by atoms with E-state index >= 15 is 0 Å². The predicted octanol–water partition coefficient (Wildman–Crippen LogP) is 3.69. The average molecular weight is 321 g/mol. The number of hydrogen-bond acceptors (Lipinski definition) is 2. The number of amides is 1. The molecule has 116 valence electrons. The standard InChI is InChI=1S/C14H16ClF3N2O/c1-13(4-6-19-7-5-13)12(21)20-11-3-2-9(15)8-10(11)14(16,17)18/h2-3,8,19H,4-7H2,1H3,(H,20,21). The van der Waals surface area contributed by atoms with Crippen LogP contribution in [0.2, 0.25) is 5.02 Å². The van der Waals surface area contributed by atoms with E-state index in [0.717, 1.165) is 6.07 Å². The molecule has 0 atom stereocenters. The van der Waals surface area contributed by atoms with Gasteiger partial charge in [-0.3, -0.25) is 4.79 Å². The van der Waals surface area contributed by atoms with Gasteiger partial charge in [-0.05, 0) is 44.1 Å². The van der Waals surface area contributed by atoms with E-state index in [0.29, 0.717) is 25.9 Å².